The van der Waals surface area contributed by atoms with Gasteiger partial charge >= 0.3 is 0 Å². The van der Waals surface area contributed by atoms with Crippen LogP contribution < -0.4 is 10.6 Å². The molecule has 3 aromatic rings. The van der Waals surface area contributed by atoms with Gasteiger partial charge in [0.2, 0.25) is 15.9 Å². The van der Waals surface area contributed by atoms with Crippen molar-refractivity contribution >= 4 is 34.7 Å². The number of likely N-dealkylation sites (tertiary alicyclic amines) is 1. The Hall–Kier alpha value is -3.59. The van der Waals surface area contributed by atoms with Crippen LogP contribution in [0.5, 0.6) is 0 Å². The minimum Gasteiger partial charge on any atom is -0.352 e. The molecule has 170 valence electrons. The van der Waals surface area contributed by atoms with E-state index in [-0.39, 0.29) is 27.7 Å². The van der Waals surface area contributed by atoms with Crippen molar-refractivity contribution in [2.24, 2.45) is 5.92 Å². The molecule has 1 aromatic heterocycles. The van der Waals surface area contributed by atoms with Gasteiger partial charge in [0.05, 0.1) is 5.92 Å². The highest BCUT2D eigenvalue weighted by molar-refractivity contribution is 7.15. The molecule has 1 aliphatic heterocycles. The summed E-state index contributed by atoms with van der Waals surface area (Å²) in [6, 6.07) is 16.9. The fourth-order valence-electron chi connectivity index (χ4n) is 3.75. The predicted octanol–water partition coefficient (Wildman–Crippen LogP) is 3.27. The van der Waals surface area contributed by atoms with E-state index < -0.39 is 5.91 Å². The number of amides is 3. The molecule has 1 aliphatic rings. The number of para-hydroxylation sites is 1. The summed E-state index contributed by atoms with van der Waals surface area (Å²) in [6.07, 6.45) is 1.46. The third kappa shape index (κ3) is 5.61. The van der Waals surface area contributed by atoms with Crippen molar-refractivity contribution in [3.8, 4) is 0 Å². The largest absolute Gasteiger partial charge is 0.352 e. The van der Waals surface area contributed by atoms with E-state index >= 15 is 0 Å². The van der Waals surface area contributed by atoms with Crippen LogP contribution in [0.4, 0.5) is 5.69 Å². The minimum absolute atomic E-state index is 0.0593. The van der Waals surface area contributed by atoms with Gasteiger partial charge < -0.3 is 15.5 Å². The van der Waals surface area contributed by atoms with E-state index in [1.807, 2.05) is 49.4 Å². The molecule has 0 radical (unpaired) electrons. The second kappa shape index (κ2) is 10.4. The zero-order valence-electron chi connectivity index (χ0n) is 18.3. The first-order valence-corrected chi connectivity index (χ1v) is 11.6. The molecule has 4 rings (SSSR count). The number of carbonyl (C=O) groups excluding carboxylic acids is 3. The van der Waals surface area contributed by atoms with Crippen LogP contribution in [0.25, 0.3) is 0 Å². The number of aryl methyl sites for hydroxylation is 1. The Balaban J connectivity index is 1.34. The van der Waals surface area contributed by atoms with Gasteiger partial charge in [-0.2, -0.15) is 0 Å². The van der Waals surface area contributed by atoms with Crippen molar-refractivity contribution in [2.45, 2.75) is 26.3 Å². The highest BCUT2D eigenvalue weighted by Gasteiger charge is 2.30. The number of piperidine rings is 1. The molecule has 1 fully saturated rings. The average molecular weight is 464 g/mol. The fraction of sp³-hybridized carbons (Fsp3) is 0.292. The topological polar surface area (TPSA) is 104 Å². The summed E-state index contributed by atoms with van der Waals surface area (Å²) in [6.45, 7) is 3.35. The minimum atomic E-state index is -0.412. The standard InChI is InChI=1S/C24H25N5O3S/c1-16-8-5-6-9-17(16)14-25-20(30)18-10-7-13-29(15-18)24(32)23-28-27-22(33-23)21(31)26-19-11-3-2-4-12-19/h2-6,8-9,11-12,18H,7,10,13-15H2,1H3,(H,25,30)(H,26,31)/t18-/m1/s1. The van der Waals surface area contributed by atoms with Gasteiger partial charge in [0.15, 0.2) is 0 Å². The van der Waals surface area contributed by atoms with Crippen LogP contribution >= 0.6 is 11.3 Å². The quantitative estimate of drug-likeness (QED) is 0.584. The van der Waals surface area contributed by atoms with Gasteiger partial charge in [-0.3, -0.25) is 14.4 Å². The second-order valence-electron chi connectivity index (χ2n) is 7.97. The Morgan fingerprint density at radius 2 is 1.76 bits per heavy atom. The average Bonchev–Trinajstić information content (AvgIpc) is 3.34. The van der Waals surface area contributed by atoms with Crippen LogP contribution in [-0.2, 0) is 11.3 Å². The van der Waals surface area contributed by atoms with E-state index in [0.717, 1.165) is 35.3 Å². The Labute approximate surface area is 196 Å². The molecule has 2 heterocycles. The van der Waals surface area contributed by atoms with Crippen LogP contribution in [0, 0.1) is 12.8 Å². The number of anilines is 1. The number of nitrogens with one attached hydrogen (secondary N) is 2. The fourth-order valence-corrected chi connectivity index (χ4v) is 4.46. The van der Waals surface area contributed by atoms with Gasteiger partial charge in [-0.25, -0.2) is 0 Å². The van der Waals surface area contributed by atoms with Crippen LogP contribution in [0.1, 0.15) is 43.6 Å². The van der Waals surface area contributed by atoms with Crippen molar-refractivity contribution in [3.63, 3.8) is 0 Å². The van der Waals surface area contributed by atoms with Gasteiger partial charge in [-0.05, 0) is 43.0 Å². The maximum atomic E-state index is 13.0. The van der Waals surface area contributed by atoms with Gasteiger partial charge in [0, 0.05) is 25.3 Å². The maximum Gasteiger partial charge on any atom is 0.286 e. The highest BCUT2D eigenvalue weighted by atomic mass is 32.1. The van der Waals surface area contributed by atoms with Crippen molar-refractivity contribution in [1.29, 1.82) is 0 Å². The van der Waals surface area contributed by atoms with Gasteiger partial charge in [-0.1, -0.05) is 53.8 Å². The molecule has 0 aliphatic carbocycles. The van der Waals surface area contributed by atoms with Crippen molar-refractivity contribution < 1.29 is 14.4 Å². The smallest absolute Gasteiger partial charge is 0.286 e. The van der Waals surface area contributed by atoms with E-state index in [0.29, 0.717) is 25.3 Å². The molecule has 8 nitrogen and oxygen atoms in total. The van der Waals surface area contributed by atoms with Gasteiger partial charge in [-0.15, -0.1) is 10.2 Å². The summed E-state index contributed by atoms with van der Waals surface area (Å²) in [5.74, 6) is -1.05. The van der Waals surface area contributed by atoms with Crippen molar-refractivity contribution in [3.05, 3.63) is 75.7 Å². The van der Waals surface area contributed by atoms with E-state index in [1.54, 1.807) is 17.0 Å². The highest BCUT2D eigenvalue weighted by Crippen LogP contribution is 2.21. The number of rotatable bonds is 6. The molecule has 1 atom stereocenters. The predicted molar refractivity (Wildman–Crippen MR) is 126 cm³/mol. The first kappa shape index (κ1) is 22.6. The van der Waals surface area contributed by atoms with Crippen LogP contribution in [-0.4, -0.2) is 45.9 Å². The van der Waals surface area contributed by atoms with E-state index in [2.05, 4.69) is 20.8 Å². The molecule has 1 saturated heterocycles. The zero-order chi connectivity index (χ0) is 23.2. The third-order valence-corrected chi connectivity index (χ3v) is 6.54. The molecule has 0 bridgehead atoms. The molecule has 0 unspecified atom stereocenters. The number of nitrogens with zero attached hydrogens (tertiary/aromatic N) is 3. The lowest BCUT2D eigenvalue weighted by atomic mass is 9.97. The van der Waals surface area contributed by atoms with Crippen LogP contribution in [0.2, 0.25) is 0 Å². The van der Waals surface area contributed by atoms with E-state index in [1.165, 1.54) is 0 Å². The number of aromatic nitrogens is 2. The lowest BCUT2D eigenvalue weighted by molar-refractivity contribution is -0.126. The second-order valence-corrected chi connectivity index (χ2v) is 8.94. The summed E-state index contributed by atoms with van der Waals surface area (Å²) in [5, 5.41) is 13.8. The number of hydrogen-bond donors (Lipinski definition) is 2. The Bertz CT molecular complexity index is 1150. The normalized spacial score (nSPS) is 15.7. The monoisotopic (exact) mass is 463 g/mol. The molecular weight excluding hydrogens is 438 g/mol. The number of benzene rings is 2. The molecular formula is C24H25N5O3S. The van der Waals surface area contributed by atoms with Crippen molar-refractivity contribution in [1.82, 2.24) is 20.4 Å². The first-order valence-electron chi connectivity index (χ1n) is 10.8. The summed E-state index contributed by atoms with van der Waals surface area (Å²) in [4.78, 5) is 39.7. The van der Waals surface area contributed by atoms with E-state index in [4.69, 9.17) is 0 Å². The first-order chi connectivity index (χ1) is 16.0. The lowest BCUT2D eigenvalue weighted by Crippen LogP contribution is -2.45. The molecule has 2 N–H and O–H groups in total. The summed E-state index contributed by atoms with van der Waals surface area (Å²) < 4.78 is 0. The van der Waals surface area contributed by atoms with Crippen LogP contribution in [0.15, 0.2) is 54.6 Å². The van der Waals surface area contributed by atoms with Crippen LogP contribution in [0.3, 0.4) is 0 Å². The van der Waals surface area contributed by atoms with Crippen molar-refractivity contribution in [2.75, 3.05) is 18.4 Å². The maximum absolute atomic E-state index is 13.0. The molecule has 0 saturated carbocycles. The summed E-state index contributed by atoms with van der Waals surface area (Å²) >= 11 is 0.955. The van der Waals surface area contributed by atoms with Gasteiger partial charge in [0.1, 0.15) is 0 Å². The lowest BCUT2D eigenvalue weighted by Gasteiger charge is -2.31. The summed E-state index contributed by atoms with van der Waals surface area (Å²) in [7, 11) is 0. The molecule has 2 aromatic carbocycles. The SMILES string of the molecule is Cc1ccccc1CNC(=O)[C@@H]1CCCN(C(=O)c2nnc(C(=O)Nc3ccccc3)s2)C1. The third-order valence-electron chi connectivity index (χ3n) is 5.63. The Morgan fingerprint density at radius 3 is 2.55 bits per heavy atom. The Morgan fingerprint density at radius 1 is 1.03 bits per heavy atom. The molecule has 0 spiro atoms. The Kier molecular flexibility index (Phi) is 7.09. The molecule has 3 amide bonds. The van der Waals surface area contributed by atoms with Gasteiger partial charge in [0.25, 0.3) is 11.8 Å². The molecule has 33 heavy (non-hydrogen) atoms. The zero-order valence-corrected chi connectivity index (χ0v) is 19.1. The number of carbonyl (C=O) groups is 3. The number of hydrogen-bond acceptors (Lipinski definition) is 6. The summed E-state index contributed by atoms with van der Waals surface area (Å²) in [5.41, 5.74) is 2.84. The molecule has 9 heteroatoms. The van der Waals surface area contributed by atoms with E-state index in [9.17, 15) is 14.4 Å².